The Kier molecular flexibility index (Phi) is 7.03. The number of methoxy groups -OCH3 is 2. The maximum Gasteiger partial charge on any atom is 0.305 e. The van der Waals surface area contributed by atoms with E-state index in [4.69, 9.17) is 0 Å². The van der Waals surface area contributed by atoms with Crippen molar-refractivity contribution in [3.8, 4) is 0 Å². The summed E-state index contributed by atoms with van der Waals surface area (Å²) in [6, 6.07) is 0. The van der Waals surface area contributed by atoms with Crippen molar-refractivity contribution in [2.75, 3.05) is 14.2 Å². The number of hydrogen-bond donors (Lipinski definition) is 0. The van der Waals surface area contributed by atoms with Crippen molar-refractivity contribution in [2.45, 2.75) is 45.1 Å². The minimum Gasteiger partial charge on any atom is -0.469 e. The third-order valence-electron chi connectivity index (χ3n) is 3.42. The van der Waals surface area contributed by atoms with Gasteiger partial charge in [0, 0.05) is 23.7 Å². The van der Waals surface area contributed by atoms with Gasteiger partial charge < -0.3 is 9.47 Å². The molecule has 0 rings (SSSR count). The Morgan fingerprint density at radius 3 is 1.68 bits per heavy atom. The van der Waals surface area contributed by atoms with Gasteiger partial charge in [0.1, 0.15) is 0 Å². The summed E-state index contributed by atoms with van der Waals surface area (Å²) < 4.78 is 9.00. The van der Waals surface area contributed by atoms with Gasteiger partial charge in [0.2, 0.25) is 5.54 Å². The average Bonchev–Trinajstić information content (AvgIpc) is 2.37. The lowest BCUT2D eigenvalue weighted by atomic mass is 9.79. The Hall–Kier alpha value is -1.66. The molecule has 0 radical (unpaired) electrons. The van der Waals surface area contributed by atoms with Crippen LogP contribution < -0.4 is 0 Å². The lowest BCUT2D eigenvalue weighted by molar-refractivity contribution is -0.582. The largest absolute Gasteiger partial charge is 0.469 e. The summed E-state index contributed by atoms with van der Waals surface area (Å²) in [5.41, 5.74) is -1.32. The molecular formula is C12H21NO6. The number of nitrogens with zero attached hydrogens (tertiary/aromatic N) is 1. The normalized spacial score (nSPS) is 11.2. The van der Waals surface area contributed by atoms with E-state index in [1.165, 1.54) is 14.2 Å². The highest BCUT2D eigenvalue weighted by Crippen LogP contribution is 2.32. The van der Waals surface area contributed by atoms with Gasteiger partial charge in [-0.05, 0) is 0 Å². The molecule has 0 N–H and O–H groups in total. The highest BCUT2D eigenvalue weighted by atomic mass is 16.6. The zero-order valence-corrected chi connectivity index (χ0v) is 11.8. The molecule has 0 spiro atoms. The van der Waals surface area contributed by atoms with E-state index in [0.717, 1.165) is 0 Å². The molecule has 7 nitrogen and oxygen atoms in total. The molecule has 0 aliphatic carbocycles. The summed E-state index contributed by atoms with van der Waals surface area (Å²) in [7, 11) is 2.47. The summed E-state index contributed by atoms with van der Waals surface area (Å²) in [5.74, 6) is -1.30. The van der Waals surface area contributed by atoms with Gasteiger partial charge >= 0.3 is 11.9 Å². The zero-order valence-electron chi connectivity index (χ0n) is 11.8. The van der Waals surface area contributed by atoms with E-state index in [9.17, 15) is 19.7 Å². The predicted molar refractivity (Wildman–Crippen MR) is 67.1 cm³/mol. The fourth-order valence-corrected chi connectivity index (χ4v) is 1.94. The fraction of sp³-hybridized carbons (Fsp3) is 0.833. The third kappa shape index (κ3) is 4.84. The van der Waals surface area contributed by atoms with Gasteiger partial charge in [0.25, 0.3) is 0 Å². The van der Waals surface area contributed by atoms with Crippen molar-refractivity contribution in [3.63, 3.8) is 0 Å². The SMILES string of the molecule is COC(=O)CCC(CCC(=O)OC)(C(C)C)[N+](=O)[O-]. The van der Waals surface area contributed by atoms with E-state index in [0.29, 0.717) is 0 Å². The highest BCUT2D eigenvalue weighted by Gasteiger charge is 2.46. The van der Waals surface area contributed by atoms with Crippen LogP contribution >= 0.6 is 0 Å². The maximum atomic E-state index is 11.4. The summed E-state index contributed by atoms with van der Waals surface area (Å²) in [6.07, 6.45) is -0.00364. The average molecular weight is 275 g/mol. The first-order chi connectivity index (χ1) is 8.80. The minimum atomic E-state index is -1.32. The molecule has 0 aromatic rings. The number of hydrogen-bond acceptors (Lipinski definition) is 6. The minimum absolute atomic E-state index is 0.0430. The van der Waals surface area contributed by atoms with Crippen LogP contribution in [-0.4, -0.2) is 36.6 Å². The zero-order chi connectivity index (χ0) is 15.1. The quantitative estimate of drug-likeness (QED) is 0.379. The first kappa shape index (κ1) is 17.3. The summed E-state index contributed by atoms with van der Waals surface area (Å²) >= 11 is 0. The first-order valence-corrected chi connectivity index (χ1v) is 6.08. The maximum absolute atomic E-state index is 11.4. The van der Waals surface area contributed by atoms with Crippen molar-refractivity contribution in [2.24, 2.45) is 5.92 Å². The van der Waals surface area contributed by atoms with E-state index < -0.39 is 22.4 Å². The molecule has 0 aromatic heterocycles. The van der Waals surface area contributed by atoms with E-state index in [2.05, 4.69) is 9.47 Å². The summed E-state index contributed by atoms with van der Waals surface area (Å²) in [6.45, 7) is 3.41. The van der Waals surface area contributed by atoms with E-state index in [1.54, 1.807) is 13.8 Å². The monoisotopic (exact) mass is 275 g/mol. The second-order valence-electron chi connectivity index (χ2n) is 4.67. The molecule has 0 saturated carbocycles. The smallest absolute Gasteiger partial charge is 0.305 e. The molecule has 19 heavy (non-hydrogen) atoms. The van der Waals surface area contributed by atoms with Crippen LogP contribution in [-0.2, 0) is 19.1 Å². The van der Waals surface area contributed by atoms with Crippen molar-refractivity contribution in [1.82, 2.24) is 0 Å². The lowest BCUT2D eigenvalue weighted by Crippen LogP contribution is -2.44. The Labute approximate surface area is 112 Å². The molecule has 0 amide bonds. The molecule has 0 fully saturated rings. The molecule has 110 valence electrons. The summed E-state index contributed by atoms with van der Waals surface area (Å²) in [4.78, 5) is 33.3. The Bertz CT molecular complexity index is 319. The van der Waals surface area contributed by atoms with E-state index in [1.807, 2.05) is 0 Å². The van der Waals surface area contributed by atoms with Gasteiger partial charge in [-0.3, -0.25) is 19.7 Å². The van der Waals surface area contributed by atoms with E-state index in [-0.39, 0.29) is 31.6 Å². The van der Waals surface area contributed by atoms with Crippen LogP contribution in [0.4, 0.5) is 0 Å². The standard InChI is InChI=1S/C12H21NO6/c1-9(2)12(13(16)17,7-5-10(14)18-3)8-6-11(15)19-4/h9H,5-8H2,1-4H3. The molecule has 0 atom stereocenters. The Morgan fingerprint density at radius 2 is 1.47 bits per heavy atom. The van der Waals surface area contributed by atoms with Gasteiger partial charge in [0.05, 0.1) is 27.1 Å². The van der Waals surface area contributed by atoms with Crippen LogP contribution in [0.25, 0.3) is 0 Å². The Morgan fingerprint density at radius 1 is 1.11 bits per heavy atom. The molecule has 0 bridgehead atoms. The van der Waals surface area contributed by atoms with Crippen molar-refractivity contribution in [1.29, 1.82) is 0 Å². The van der Waals surface area contributed by atoms with Crippen LogP contribution in [0, 0.1) is 16.0 Å². The fourth-order valence-electron chi connectivity index (χ4n) is 1.94. The van der Waals surface area contributed by atoms with Gasteiger partial charge in [0.15, 0.2) is 0 Å². The van der Waals surface area contributed by atoms with E-state index >= 15 is 0 Å². The van der Waals surface area contributed by atoms with Crippen LogP contribution in [0.5, 0.6) is 0 Å². The lowest BCUT2D eigenvalue weighted by Gasteiger charge is -2.28. The first-order valence-electron chi connectivity index (χ1n) is 6.08. The summed E-state index contributed by atoms with van der Waals surface area (Å²) in [5, 5.41) is 11.4. The van der Waals surface area contributed by atoms with Crippen molar-refractivity contribution < 1.29 is 24.0 Å². The molecule has 0 aliphatic rings. The molecule has 0 aromatic carbocycles. The van der Waals surface area contributed by atoms with Gasteiger partial charge in [-0.1, -0.05) is 13.8 Å². The van der Waals surface area contributed by atoms with Crippen LogP contribution in [0.15, 0.2) is 0 Å². The number of ether oxygens (including phenoxy) is 2. The molecule has 0 aliphatic heterocycles. The molecular weight excluding hydrogens is 254 g/mol. The topological polar surface area (TPSA) is 95.7 Å². The van der Waals surface area contributed by atoms with Gasteiger partial charge in [-0.15, -0.1) is 0 Å². The van der Waals surface area contributed by atoms with Gasteiger partial charge in [-0.2, -0.15) is 0 Å². The molecule has 0 heterocycles. The molecule has 0 unspecified atom stereocenters. The second-order valence-corrected chi connectivity index (χ2v) is 4.67. The van der Waals surface area contributed by atoms with Crippen molar-refractivity contribution in [3.05, 3.63) is 10.1 Å². The number of carbonyl (C=O) groups excluding carboxylic acids is 2. The third-order valence-corrected chi connectivity index (χ3v) is 3.42. The second kappa shape index (κ2) is 7.70. The molecule has 7 heteroatoms. The number of nitro groups is 1. The van der Waals surface area contributed by atoms with Crippen molar-refractivity contribution >= 4 is 11.9 Å². The number of rotatable bonds is 8. The number of esters is 2. The van der Waals surface area contributed by atoms with Crippen LogP contribution in [0.2, 0.25) is 0 Å². The number of carbonyl (C=O) groups is 2. The predicted octanol–water partition coefficient (Wildman–Crippen LogP) is 1.56. The van der Waals surface area contributed by atoms with Crippen LogP contribution in [0.1, 0.15) is 39.5 Å². The molecule has 0 saturated heterocycles. The van der Waals surface area contributed by atoms with Gasteiger partial charge in [-0.25, -0.2) is 0 Å². The Balaban J connectivity index is 4.93. The highest BCUT2D eigenvalue weighted by molar-refractivity contribution is 5.70. The van der Waals surface area contributed by atoms with Crippen LogP contribution in [0.3, 0.4) is 0 Å².